The number of likely N-dealkylation sites (tertiary alicyclic amines) is 1. The zero-order valence-corrected chi connectivity index (χ0v) is 17.5. The molecule has 1 amide bonds. The van der Waals surface area contributed by atoms with Crippen molar-refractivity contribution in [2.75, 3.05) is 34.4 Å². The number of hydrogen-bond acceptors (Lipinski definition) is 6. The second-order valence-corrected chi connectivity index (χ2v) is 7.01. The maximum atomic E-state index is 13.1. The van der Waals surface area contributed by atoms with Gasteiger partial charge in [-0.1, -0.05) is 0 Å². The summed E-state index contributed by atoms with van der Waals surface area (Å²) in [6.45, 7) is 0.483. The number of rotatable bonds is 5. The molecule has 0 bridgehead atoms. The number of methoxy groups -OCH3 is 3. The van der Waals surface area contributed by atoms with E-state index in [-0.39, 0.29) is 48.9 Å². The molecule has 31 heavy (non-hydrogen) atoms. The van der Waals surface area contributed by atoms with Crippen LogP contribution in [-0.4, -0.2) is 59.6 Å². The van der Waals surface area contributed by atoms with Gasteiger partial charge in [-0.15, -0.1) is 5.10 Å². The van der Waals surface area contributed by atoms with Gasteiger partial charge in [0.15, 0.2) is 11.5 Å². The van der Waals surface area contributed by atoms with Gasteiger partial charge in [0.25, 0.3) is 5.91 Å². The highest BCUT2D eigenvalue weighted by Crippen LogP contribution is 2.40. The minimum Gasteiger partial charge on any atom is -0.493 e. The summed E-state index contributed by atoms with van der Waals surface area (Å²) in [6.07, 6.45) is -4.15. The van der Waals surface area contributed by atoms with Gasteiger partial charge in [0.2, 0.25) is 11.6 Å². The second-order valence-electron chi connectivity index (χ2n) is 7.01. The van der Waals surface area contributed by atoms with Crippen molar-refractivity contribution in [1.29, 1.82) is 0 Å². The van der Waals surface area contributed by atoms with Crippen LogP contribution >= 0.6 is 0 Å². The molecule has 2 heterocycles. The van der Waals surface area contributed by atoms with Crippen LogP contribution in [0.25, 0.3) is 0 Å². The second kappa shape index (κ2) is 8.52. The minimum atomic E-state index is -4.72. The molecule has 12 heteroatoms. The van der Waals surface area contributed by atoms with Crippen LogP contribution in [0.5, 0.6) is 17.2 Å². The normalized spacial score (nSPS) is 15.1. The van der Waals surface area contributed by atoms with Crippen LogP contribution in [0.4, 0.5) is 13.2 Å². The van der Waals surface area contributed by atoms with Crippen molar-refractivity contribution in [2.24, 2.45) is 7.05 Å². The highest BCUT2D eigenvalue weighted by atomic mass is 19.4. The van der Waals surface area contributed by atoms with Gasteiger partial charge in [-0.25, -0.2) is 9.48 Å². The number of piperidine rings is 1. The Morgan fingerprint density at radius 1 is 1.06 bits per heavy atom. The largest absolute Gasteiger partial charge is 0.493 e. The van der Waals surface area contributed by atoms with Crippen LogP contribution in [0.1, 0.15) is 35.1 Å². The Hall–Kier alpha value is -3.18. The highest BCUT2D eigenvalue weighted by molar-refractivity contribution is 5.98. The summed E-state index contributed by atoms with van der Waals surface area (Å²) >= 11 is 0. The molecule has 0 unspecified atom stereocenters. The Labute approximate surface area is 175 Å². The van der Waals surface area contributed by atoms with E-state index in [0.717, 1.165) is 11.7 Å². The highest BCUT2D eigenvalue weighted by Gasteiger charge is 2.39. The Kier molecular flexibility index (Phi) is 6.18. The molecule has 1 aliphatic rings. The molecule has 1 aliphatic heterocycles. The Morgan fingerprint density at radius 3 is 2.16 bits per heavy atom. The summed E-state index contributed by atoms with van der Waals surface area (Å²) in [6, 6.07) is 2.62. The van der Waals surface area contributed by atoms with Crippen LogP contribution in [0, 0.1) is 0 Å². The number of ether oxygens (including phenoxy) is 3. The van der Waals surface area contributed by atoms with Crippen LogP contribution in [0.15, 0.2) is 16.9 Å². The van der Waals surface area contributed by atoms with Crippen LogP contribution in [0.3, 0.4) is 0 Å². The standard InChI is InChI=1S/C19H23F3N4O5/c1-24-17(19(20,21)22)23-26(18(24)28)11-7-9-25(10-8-11)16(27)12-5-6-13(29-2)15(31-4)14(12)30-3/h5-6,11H,7-10H2,1-4H3. The van der Waals surface area contributed by atoms with Gasteiger partial charge in [-0.05, 0) is 25.0 Å². The molecule has 0 atom stereocenters. The molecule has 0 radical (unpaired) electrons. The molecule has 1 saturated heterocycles. The van der Waals surface area contributed by atoms with Gasteiger partial charge in [0.05, 0.1) is 32.9 Å². The molecule has 1 aromatic heterocycles. The first-order chi connectivity index (χ1) is 14.6. The Balaban J connectivity index is 1.79. The van der Waals surface area contributed by atoms with E-state index in [1.54, 1.807) is 17.0 Å². The molecule has 3 rings (SSSR count). The van der Waals surface area contributed by atoms with Crippen molar-refractivity contribution in [2.45, 2.75) is 25.1 Å². The lowest BCUT2D eigenvalue weighted by Crippen LogP contribution is -2.41. The lowest BCUT2D eigenvalue weighted by Gasteiger charge is -2.32. The van der Waals surface area contributed by atoms with Crippen LogP contribution < -0.4 is 19.9 Å². The first-order valence-corrected chi connectivity index (χ1v) is 9.45. The number of nitrogens with zero attached hydrogens (tertiary/aromatic N) is 4. The van der Waals surface area contributed by atoms with Crippen molar-refractivity contribution >= 4 is 5.91 Å². The molecule has 9 nitrogen and oxygen atoms in total. The summed E-state index contributed by atoms with van der Waals surface area (Å²) in [4.78, 5) is 26.8. The topological polar surface area (TPSA) is 87.8 Å². The summed E-state index contributed by atoms with van der Waals surface area (Å²) in [5.74, 6) is -0.647. The lowest BCUT2D eigenvalue weighted by atomic mass is 10.0. The van der Waals surface area contributed by atoms with Crippen molar-refractivity contribution in [3.05, 3.63) is 34.0 Å². The summed E-state index contributed by atoms with van der Waals surface area (Å²) in [7, 11) is 5.34. The van der Waals surface area contributed by atoms with E-state index in [0.29, 0.717) is 10.3 Å². The van der Waals surface area contributed by atoms with E-state index in [1.807, 2.05) is 0 Å². The Bertz CT molecular complexity index is 1020. The third-order valence-electron chi connectivity index (χ3n) is 5.29. The van der Waals surface area contributed by atoms with Crippen molar-refractivity contribution < 1.29 is 32.2 Å². The summed E-state index contributed by atoms with van der Waals surface area (Å²) in [5, 5.41) is 3.49. The van der Waals surface area contributed by atoms with Gasteiger partial charge in [-0.2, -0.15) is 13.2 Å². The maximum absolute atomic E-state index is 13.1. The smallest absolute Gasteiger partial charge is 0.451 e. The number of halogens is 3. The third-order valence-corrected chi connectivity index (χ3v) is 5.29. The fourth-order valence-electron chi connectivity index (χ4n) is 3.69. The van der Waals surface area contributed by atoms with Gasteiger partial charge in [0, 0.05) is 20.1 Å². The zero-order chi connectivity index (χ0) is 22.9. The molecule has 0 N–H and O–H groups in total. The number of carbonyl (C=O) groups is 1. The first kappa shape index (κ1) is 22.5. The monoisotopic (exact) mass is 444 g/mol. The summed E-state index contributed by atoms with van der Waals surface area (Å²) in [5.41, 5.74) is -0.563. The fraction of sp³-hybridized carbons (Fsp3) is 0.526. The molecule has 1 aromatic carbocycles. The van der Waals surface area contributed by atoms with E-state index in [9.17, 15) is 22.8 Å². The van der Waals surface area contributed by atoms with Crippen molar-refractivity contribution in [3.8, 4) is 17.2 Å². The average molecular weight is 444 g/mol. The quantitative estimate of drug-likeness (QED) is 0.702. The van der Waals surface area contributed by atoms with Gasteiger partial charge in [0.1, 0.15) is 0 Å². The number of carbonyl (C=O) groups excluding carboxylic acids is 1. The molecule has 0 saturated carbocycles. The fourth-order valence-corrected chi connectivity index (χ4v) is 3.69. The predicted octanol–water partition coefficient (Wildman–Crippen LogP) is 2.10. The van der Waals surface area contributed by atoms with E-state index >= 15 is 0 Å². The van der Waals surface area contributed by atoms with E-state index in [2.05, 4.69) is 5.10 Å². The van der Waals surface area contributed by atoms with Crippen molar-refractivity contribution in [3.63, 3.8) is 0 Å². The number of benzene rings is 1. The molecule has 0 spiro atoms. The van der Waals surface area contributed by atoms with Crippen LogP contribution in [0.2, 0.25) is 0 Å². The summed E-state index contributed by atoms with van der Waals surface area (Å²) < 4.78 is 56.3. The molecule has 170 valence electrons. The molecular formula is C19H23F3N4O5. The SMILES string of the molecule is COc1ccc(C(=O)N2CCC(n3nc(C(F)(F)F)n(C)c3=O)CC2)c(OC)c1OC. The molecular weight excluding hydrogens is 421 g/mol. The number of alkyl halides is 3. The predicted molar refractivity (Wildman–Crippen MR) is 103 cm³/mol. The van der Waals surface area contributed by atoms with E-state index < -0.39 is 23.7 Å². The molecule has 0 aliphatic carbocycles. The minimum absolute atomic E-state index is 0.227. The number of aromatic nitrogens is 3. The van der Waals surface area contributed by atoms with Crippen LogP contribution in [-0.2, 0) is 13.2 Å². The third kappa shape index (κ3) is 4.06. The maximum Gasteiger partial charge on any atom is 0.451 e. The molecule has 2 aromatic rings. The van der Waals surface area contributed by atoms with Gasteiger partial charge < -0.3 is 19.1 Å². The van der Waals surface area contributed by atoms with Gasteiger partial charge in [-0.3, -0.25) is 9.36 Å². The average Bonchev–Trinajstić information content (AvgIpc) is 3.07. The lowest BCUT2D eigenvalue weighted by molar-refractivity contribution is -0.147. The Morgan fingerprint density at radius 2 is 1.68 bits per heavy atom. The zero-order valence-electron chi connectivity index (χ0n) is 17.5. The van der Waals surface area contributed by atoms with Crippen molar-refractivity contribution in [1.82, 2.24) is 19.2 Å². The van der Waals surface area contributed by atoms with Gasteiger partial charge >= 0.3 is 11.9 Å². The number of hydrogen-bond donors (Lipinski definition) is 0. The van der Waals surface area contributed by atoms with E-state index in [4.69, 9.17) is 14.2 Å². The first-order valence-electron chi connectivity index (χ1n) is 9.45. The number of amides is 1. The molecule has 1 fully saturated rings. The van der Waals surface area contributed by atoms with E-state index in [1.165, 1.54) is 21.3 Å².